The molecule has 38 heavy (non-hydrogen) atoms. The van der Waals surface area contributed by atoms with Crippen LogP contribution in [-0.4, -0.2) is 45.8 Å². The fraction of sp³-hybridized carbons (Fsp3) is 0.424. The van der Waals surface area contributed by atoms with Gasteiger partial charge in [-0.25, -0.2) is 0 Å². The van der Waals surface area contributed by atoms with Crippen LogP contribution in [0, 0.1) is 11.3 Å². The first kappa shape index (κ1) is 29.6. The minimum atomic E-state index is -0.960. The molecule has 0 saturated carbocycles. The quantitative estimate of drug-likeness (QED) is 0.328. The summed E-state index contributed by atoms with van der Waals surface area (Å²) >= 11 is 0. The van der Waals surface area contributed by atoms with E-state index in [-0.39, 0.29) is 12.0 Å². The first-order chi connectivity index (χ1) is 18.1. The third-order valence-electron chi connectivity index (χ3n) is 7.38. The first-order valence-corrected chi connectivity index (χ1v) is 13.6. The van der Waals surface area contributed by atoms with E-state index in [1.165, 1.54) is 0 Å². The fourth-order valence-corrected chi connectivity index (χ4v) is 4.95. The summed E-state index contributed by atoms with van der Waals surface area (Å²) in [6.45, 7) is 7.94. The Morgan fingerprint density at radius 2 is 1.26 bits per heavy atom. The van der Waals surface area contributed by atoms with Gasteiger partial charge in [-0.1, -0.05) is 91.0 Å². The molecule has 5 nitrogen and oxygen atoms in total. The predicted molar refractivity (Wildman–Crippen MR) is 153 cm³/mol. The number of carboxylic acids is 1. The maximum absolute atomic E-state index is 12.0. The summed E-state index contributed by atoms with van der Waals surface area (Å²) in [5.41, 5.74) is 1.41. The van der Waals surface area contributed by atoms with Crippen LogP contribution < -0.4 is 0 Å². The third kappa shape index (κ3) is 8.00. The zero-order valence-electron chi connectivity index (χ0n) is 23.0. The van der Waals surface area contributed by atoms with E-state index in [0.717, 1.165) is 62.0 Å². The smallest absolute Gasteiger partial charge is 0.308 e. The van der Waals surface area contributed by atoms with Crippen molar-refractivity contribution in [2.45, 2.75) is 58.2 Å². The molecule has 0 spiro atoms. The van der Waals surface area contributed by atoms with Gasteiger partial charge in [0.15, 0.2) is 0 Å². The van der Waals surface area contributed by atoms with E-state index in [9.17, 15) is 15.0 Å². The minimum absolute atomic E-state index is 0.184. The van der Waals surface area contributed by atoms with E-state index in [1.54, 1.807) is 20.8 Å². The molecule has 1 saturated heterocycles. The molecule has 1 aliphatic heterocycles. The van der Waals surface area contributed by atoms with Crippen LogP contribution in [0.3, 0.4) is 0 Å². The fourth-order valence-electron chi connectivity index (χ4n) is 4.95. The average Bonchev–Trinajstić information content (AvgIpc) is 2.94. The van der Waals surface area contributed by atoms with Gasteiger partial charge in [0.25, 0.3) is 0 Å². The van der Waals surface area contributed by atoms with E-state index >= 15 is 0 Å². The Kier molecular flexibility index (Phi) is 10.7. The summed E-state index contributed by atoms with van der Waals surface area (Å²) < 4.78 is 0. The lowest BCUT2D eigenvalue weighted by Crippen LogP contribution is -2.44. The van der Waals surface area contributed by atoms with Crippen LogP contribution in [-0.2, 0) is 10.4 Å². The number of carbonyl (C=O) groups is 1. The molecule has 0 aromatic heterocycles. The van der Waals surface area contributed by atoms with Gasteiger partial charge >= 0.3 is 5.97 Å². The van der Waals surface area contributed by atoms with Gasteiger partial charge in [0.05, 0.1) is 11.5 Å². The Balaban J connectivity index is 0.000000505. The second-order valence-electron chi connectivity index (χ2n) is 11.2. The number of nitrogens with zero attached hydrogens (tertiary/aromatic N) is 1. The molecule has 5 heteroatoms. The number of hydrogen-bond donors (Lipinski definition) is 3. The van der Waals surface area contributed by atoms with Crippen molar-refractivity contribution in [1.82, 2.24) is 4.90 Å². The Labute approximate surface area is 227 Å². The second kappa shape index (κ2) is 13.7. The predicted octanol–water partition coefficient (Wildman–Crippen LogP) is 6.27. The van der Waals surface area contributed by atoms with Gasteiger partial charge in [-0.05, 0) is 88.7 Å². The van der Waals surface area contributed by atoms with E-state index in [2.05, 4.69) is 4.90 Å². The van der Waals surface area contributed by atoms with Crippen molar-refractivity contribution in [3.63, 3.8) is 0 Å². The van der Waals surface area contributed by atoms with Gasteiger partial charge in [0, 0.05) is 0 Å². The van der Waals surface area contributed by atoms with Crippen molar-refractivity contribution in [2.24, 2.45) is 11.3 Å². The highest BCUT2D eigenvalue weighted by molar-refractivity contribution is 5.72. The molecule has 0 radical (unpaired) electrons. The number of aliphatic carboxylic acids is 1. The third-order valence-corrected chi connectivity index (χ3v) is 7.38. The lowest BCUT2D eigenvalue weighted by molar-refractivity contribution is -0.145. The van der Waals surface area contributed by atoms with Gasteiger partial charge in [-0.2, -0.15) is 0 Å². The zero-order chi connectivity index (χ0) is 27.6. The van der Waals surface area contributed by atoms with E-state index < -0.39 is 17.0 Å². The van der Waals surface area contributed by atoms with E-state index in [0.29, 0.717) is 0 Å². The molecule has 1 heterocycles. The van der Waals surface area contributed by atoms with Gasteiger partial charge < -0.3 is 20.2 Å². The lowest BCUT2D eigenvalue weighted by Gasteiger charge is -2.42. The molecule has 3 aromatic rings. The number of hydrogen-bond acceptors (Lipinski definition) is 4. The van der Waals surface area contributed by atoms with Crippen molar-refractivity contribution in [1.29, 1.82) is 0 Å². The number of benzene rings is 3. The van der Waals surface area contributed by atoms with Gasteiger partial charge in [-0.15, -0.1) is 0 Å². The number of piperidine rings is 1. The van der Waals surface area contributed by atoms with Crippen molar-refractivity contribution < 1.29 is 20.1 Å². The van der Waals surface area contributed by atoms with E-state index in [4.69, 9.17) is 5.11 Å². The minimum Gasteiger partial charge on any atom is -0.481 e. The Morgan fingerprint density at radius 1 is 0.842 bits per heavy atom. The zero-order valence-corrected chi connectivity index (χ0v) is 23.0. The molecule has 3 aromatic carbocycles. The van der Waals surface area contributed by atoms with Gasteiger partial charge in [-0.3, -0.25) is 4.79 Å². The maximum Gasteiger partial charge on any atom is 0.308 e. The molecule has 3 N–H and O–H groups in total. The van der Waals surface area contributed by atoms with Crippen LogP contribution in [0.5, 0.6) is 0 Å². The first-order valence-electron chi connectivity index (χ1n) is 13.6. The Hall–Kier alpha value is -2.99. The molecular formula is C33H43NO4. The maximum atomic E-state index is 12.0. The molecule has 0 amide bonds. The Bertz CT molecular complexity index is 1050. The summed E-state index contributed by atoms with van der Waals surface area (Å²) in [6, 6.07) is 30.1. The largest absolute Gasteiger partial charge is 0.481 e. The standard InChI is InChI=1S/C28H33NO2.C5H10O2/c30-27(23-11-4-1-5-12-23)17-10-20-29-21-18-26(19-22-29)28(31,24-13-6-2-7-14-24)25-15-8-3-9-16-25;1-5(2,3)4(6)7/h1-9,11-16,26-27,30-31H,10,17-22H2;1-3H3,(H,6,7). The van der Waals surface area contributed by atoms with Crippen LogP contribution in [0.15, 0.2) is 91.0 Å². The van der Waals surface area contributed by atoms with Crippen LogP contribution in [0.2, 0.25) is 0 Å². The van der Waals surface area contributed by atoms with Crippen LogP contribution >= 0.6 is 0 Å². The summed E-state index contributed by atoms with van der Waals surface area (Å²) in [5.74, 6) is -0.573. The lowest BCUT2D eigenvalue weighted by atomic mass is 9.72. The van der Waals surface area contributed by atoms with Gasteiger partial charge in [0.2, 0.25) is 0 Å². The summed E-state index contributed by atoms with van der Waals surface area (Å²) in [7, 11) is 0. The molecule has 1 atom stereocenters. The molecule has 1 fully saturated rings. The molecular weight excluding hydrogens is 474 g/mol. The molecule has 0 bridgehead atoms. The monoisotopic (exact) mass is 517 g/mol. The number of aliphatic hydroxyl groups is 2. The molecule has 0 aliphatic carbocycles. The van der Waals surface area contributed by atoms with E-state index in [1.807, 2.05) is 91.0 Å². The average molecular weight is 518 g/mol. The van der Waals surface area contributed by atoms with Crippen LogP contribution in [0.1, 0.15) is 69.2 Å². The normalized spacial score (nSPS) is 15.8. The van der Waals surface area contributed by atoms with Crippen molar-refractivity contribution in [3.05, 3.63) is 108 Å². The van der Waals surface area contributed by atoms with Crippen LogP contribution in [0.25, 0.3) is 0 Å². The summed E-state index contributed by atoms with van der Waals surface area (Å²) in [5, 5.41) is 30.6. The number of likely N-dealkylation sites (tertiary alicyclic amines) is 1. The van der Waals surface area contributed by atoms with Crippen LogP contribution in [0.4, 0.5) is 0 Å². The topological polar surface area (TPSA) is 81.0 Å². The molecule has 4 rings (SSSR count). The van der Waals surface area contributed by atoms with Gasteiger partial charge in [0.1, 0.15) is 5.60 Å². The molecule has 1 aliphatic rings. The molecule has 204 valence electrons. The van der Waals surface area contributed by atoms with Crippen molar-refractivity contribution in [2.75, 3.05) is 19.6 Å². The SMILES string of the molecule is CC(C)(C)C(=O)O.OC(CCCN1CCC(C(O)(c2ccccc2)c2ccccc2)CC1)c1ccccc1. The highest BCUT2D eigenvalue weighted by atomic mass is 16.4. The molecule has 1 unspecified atom stereocenters. The highest BCUT2D eigenvalue weighted by Gasteiger charge is 2.41. The number of rotatable bonds is 8. The number of carboxylic acid groups (broad SMARTS) is 1. The van der Waals surface area contributed by atoms with Crippen molar-refractivity contribution >= 4 is 5.97 Å². The second-order valence-corrected chi connectivity index (χ2v) is 11.2. The summed E-state index contributed by atoms with van der Waals surface area (Å²) in [6.07, 6.45) is 3.29. The number of aliphatic hydroxyl groups excluding tert-OH is 1. The Morgan fingerprint density at radius 3 is 1.68 bits per heavy atom. The highest BCUT2D eigenvalue weighted by Crippen LogP contribution is 2.41. The van der Waals surface area contributed by atoms with Crippen molar-refractivity contribution in [3.8, 4) is 0 Å². The summed E-state index contributed by atoms with van der Waals surface area (Å²) in [4.78, 5) is 12.5.